The van der Waals surface area contributed by atoms with Crippen molar-refractivity contribution in [2.24, 2.45) is 10.7 Å². The number of rotatable bonds is 4. The van der Waals surface area contributed by atoms with Crippen LogP contribution in [0.25, 0.3) is 0 Å². The maximum atomic E-state index is 5.45. The molecular formula is C9H18N2O. The molecule has 0 aromatic carbocycles. The molecule has 3 heteroatoms. The van der Waals surface area contributed by atoms with Gasteiger partial charge in [0.15, 0.2) is 0 Å². The van der Waals surface area contributed by atoms with E-state index >= 15 is 0 Å². The molecule has 0 radical (unpaired) electrons. The molecule has 2 N–H and O–H groups in total. The number of aliphatic imine (C=N–C) groups is 1. The average molecular weight is 170 g/mol. The molecule has 1 heterocycles. The van der Waals surface area contributed by atoms with Crippen LogP contribution < -0.4 is 5.73 Å². The van der Waals surface area contributed by atoms with Crippen LogP contribution in [0.15, 0.2) is 4.99 Å². The molecule has 2 atom stereocenters. The Kier molecular flexibility index (Phi) is 3.38. The Balaban J connectivity index is 2.23. The molecule has 1 rings (SSSR count). The van der Waals surface area contributed by atoms with Gasteiger partial charge in [-0.3, -0.25) is 0 Å². The van der Waals surface area contributed by atoms with E-state index in [1.807, 2.05) is 6.92 Å². The second kappa shape index (κ2) is 4.33. The Hall–Kier alpha value is -0.730. The van der Waals surface area contributed by atoms with Crippen molar-refractivity contribution in [3.05, 3.63) is 0 Å². The Morgan fingerprint density at radius 3 is 2.75 bits per heavy atom. The standard InChI is InChI=1S/C9H18N2O/c1-3-4-5-6-8-7(2)12-9(10)11-8/h7-8H,3-6H2,1-2H3,(H2,10,11)/t7-,8+/m1/s1. The molecule has 1 aliphatic rings. The number of hydrogen-bond donors (Lipinski definition) is 1. The average Bonchev–Trinajstić information content (AvgIpc) is 2.31. The maximum absolute atomic E-state index is 5.45. The summed E-state index contributed by atoms with van der Waals surface area (Å²) in [4.78, 5) is 4.21. The van der Waals surface area contributed by atoms with Gasteiger partial charge in [0.05, 0.1) is 6.04 Å². The van der Waals surface area contributed by atoms with E-state index in [-0.39, 0.29) is 6.10 Å². The van der Waals surface area contributed by atoms with Gasteiger partial charge in [-0.05, 0) is 13.3 Å². The zero-order chi connectivity index (χ0) is 8.97. The molecular weight excluding hydrogens is 152 g/mol. The van der Waals surface area contributed by atoms with E-state index in [2.05, 4.69) is 11.9 Å². The van der Waals surface area contributed by atoms with Crippen LogP contribution in [0.4, 0.5) is 0 Å². The third-order valence-corrected chi connectivity index (χ3v) is 2.25. The van der Waals surface area contributed by atoms with Crippen molar-refractivity contribution in [3.63, 3.8) is 0 Å². The third-order valence-electron chi connectivity index (χ3n) is 2.25. The van der Waals surface area contributed by atoms with Crippen molar-refractivity contribution in [2.75, 3.05) is 0 Å². The Morgan fingerprint density at radius 1 is 1.50 bits per heavy atom. The fourth-order valence-corrected chi connectivity index (χ4v) is 1.47. The van der Waals surface area contributed by atoms with E-state index in [1.165, 1.54) is 19.3 Å². The van der Waals surface area contributed by atoms with Crippen LogP contribution in [-0.2, 0) is 4.74 Å². The van der Waals surface area contributed by atoms with Gasteiger partial charge in [0.25, 0.3) is 6.02 Å². The number of nitrogens with zero attached hydrogens (tertiary/aromatic N) is 1. The van der Waals surface area contributed by atoms with Gasteiger partial charge in [-0.2, -0.15) is 0 Å². The Morgan fingerprint density at radius 2 is 2.25 bits per heavy atom. The van der Waals surface area contributed by atoms with Crippen molar-refractivity contribution in [2.45, 2.75) is 51.7 Å². The molecule has 3 nitrogen and oxygen atoms in total. The van der Waals surface area contributed by atoms with Crippen LogP contribution >= 0.6 is 0 Å². The molecule has 0 spiro atoms. The smallest absolute Gasteiger partial charge is 0.282 e. The molecule has 0 bridgehead atoms. The van der Waals surface area contributed by atoms with Crippen molar-refractivity contribution >= 4 is 6.02 Å². The lowest BCUT2D eigenvalue weighted by atomic mass is 10.1. The summed E-state index contributed by atoms with van der Waals surface area (Å²) < 4.78 is 5.23. The Bertz CT molecular complexity index is 168. The lowest BCUT2D eigenvalue weighted by Gasteiger charge is -2.10. The summed E-state index contributed by atoms with van der Waals surface area (Å²) in [5.74, 6) is 0. The normalized spacial score (nSPS) is 28.3. The fourth-order valence-electron chi connectivity index (χ4n) is 1.47. The van der Waals surface area contributed by atoms with Gasteiger partial charge in [-0.1, -0.05) is 26.2 Å². The molecule has 0 unspecified atom stereocenters. The summed E-state index contributed by atoms with van der Waals surface area (Å²) >= 11 is 0. The van der Waals surface area contributed by atoms with Gasteiger partial charge in [-0.15, -0.1) is 0 Å². The predicted octanol–water partition coefficient (Wildman–Crippen LogP) is 1.67. The molecule has 0 fully saturated rings. The molecule has 0 saturated carbocycles. The first-order chi connectivity index (χ1) is 5.74. The minimum absolute atomic E-state index is 0.182. The first-order valence-corrected chi connectivity index (χ1v) is 4.74. The second-order valence-corrected chi connectivity index (χ2v) is 3.35. The van der Waals surface area contributed by atoms with Crippen molar-refractivity contribution in [3.8, 4) is 0 Å². The SMILES string of the molecule is CCCCC[C@@H]1N=C(N)O[C@@H]1C. The van der Waals surface area contributed by atoms with Gasteiger partial charge in [0, 0.05) is 0 Å². The van der Waals surface area contributed by atoms with Crippen LogP contribution in [0.5, 0.6) is 0 Å². The first-order valence-electron chi connectivity index (χ1n) is 4.74. The van der Waals surface area contributed by atoms with Crippen LogP contribution in [0.3, 0.4) is 0 Å². The number of ether oxygens (including phenoxy) is 1. The molecule has 0 amide bonds. The van der Waals surface area contributed by atoms with E-state index in [4.69, 9.17) is 10.5 Å². The van der Waals surface area contributed by atoms with Gasteiger partial charge < -0.3 is 10.5 Å². The van der Waals surface area contributed by atoms with Gasteiger partial charge in [0.2, 0.25) is 0 Å². The van der Waals surface area contributed by atoms with Crippen LogP contribution in [0.1, 0.15) is 39.5 Å². The highest BCUT2D eigenvalue weighted by atomic mass is 16.5. The van der Waals surface area contributed by atoms with E-state index in [9.17, 15) is 0 Å². The molecule has 70 valence electrons. The highest BCUT2D eigenvalue weighted by molar-refractivity contribution is 5.73. The fraction of sp³-hybridized carbons (Fsp3) is 0.889. The van der Waals surface area contributed by atoms with Crippen molar-refractivity contribution in [1.82, 2.24) is 0 Å². The number of hydrogen-bond acceptors (Lipinski definition) is 3. The minimum Gasteiger partial charge on any atom is -0.460 e. The van der Waals surface area contributed by atoms with E-state index in [0.29, 0.717) is 12.1 Å². The molecule has 12 heavy (non-hydrogen) atoms. The number of amidine groups is 1. The molecule has 0 saturated heterocycles. The summed E-state index contributed by atoms with van der Waals surface area (Å²) in [7, 11) is 0. The summed E-state index contributed by atoms with van der Waals surface area (Å²) in [6.07, 6.45) is 5.04. The first kappa shape index (κ1) is 9.36. The molecule has 0 aliphatic carbocycles. The lowest BCUT2D eigenvalue weighted by Crippen LogP contribution is -2.19. The highest BCUT2D eigenvalue weighted by Gasteiger charge is 2.24. The quantitative estimate of drug-likeness (QED) is 0.652. The van der Waals surface area contributed by atoms with Crippen molar-refractivity contribution < 1.29 is 4.74 Å². The zero-order valence-electron chi connectivity index (χ0n) is 7.92. The van der Waals surface area contributed by atoms with Crippen molar-refractivity contribution in [1.29, 1.82) is 0 Å². The third kappa shape index (κ3) is 2.40. The van der Waals surface area contributed by atoms with E-state index in [0.717, 1.165) is 6.42 Å². The number of unbranched alkanes of at least 4 members (excludes halogenated alkanes) is 2. The molecule has 0 aromatic rings. The monoisotopic (exact) mass is 170 g/mol. The number of nitrogens with two attached hydrogens (primary N) is 1. The van der Waals surface area contributed by atoms with E-state index in [1.54, 1.807) is 0 Å². The van der Waals surface area contributed by atoms with Crippen LogP contribution in [0, 0.1) is 0 Å². The summed E-state index contributed by atoms with van der Waals surface area (Å²) in [6.45, 7) is 4.23. The second-order valence-electron chi connectivity index (χ2n) is 3.35. The predicted molar refractivity (Wildman–Crippen MR) is 50.1 cm³/mol. The summed E-state index contributed by atoms with van der Waals surface area (Å²) in [6, 6.07) is 0.667. The summed E-state index contributed by atoms with van der Waals surface area (Å²) in [5, 5.41) is 0. The minimum atomic E-state index is 0.182. The van der Waals surface area contributed by atoms with Gasteiger partial charge in [0.1, 0.15) is 6.10 Å². The van der Waals surface area contributed by atoms with Gasteiger partial charge >= 0.3 is 0 Å². The molecule has 1 aliphatic heterocycles. The highest BCUT2D eigenvalue weighted by Crippen LogP contribution is 2.17. The molecule has 0 aromatic heterocycles. The van der Waals surface area contributed by atoms with Crippen LogP contribution in [-0.4, -0.2) is 18.2 Å². The maximum Gasteiger partial charge on any atom is 0.282 e. The summed E-state index contributed by atoms with van der Waals surface area (Å²) in [5.41, 5.74) is 5.45. The lowest BCUT2D eigenvalue weighted by molar-refractivity contribution is 0.203. The van der Waals surface area contributed by atoms with Gasteiger partial charge in [-0.25, -0.2) is 4.99 Å². The Labute approximate surface area is 74.0 Å². The zero-order valence-corrected chi connectivity index (χ0v) is 7.92. The van der Waals surface area contributed by atoms with E-state index < -0.39 is 0 Å². The topological polar surface area (TPSA) is 47.6 Å². The van der Waals surface area contributed by atoms with Crippen LogP contribution in [0.2, 0.25) is 0 Å². The largest absolute Gasteiger partial charge is 0.460 e.